The molecule has 0 bridgehead atoms. The number of amides is 1. The Labute approximate surface area is 218 Å². The molecular weight excluding hydrogens is 468 g/mol. The van der Waals surface area contributed by atoms with Crippen LogP contribution >= 0.6 is 12.4 Å². The zero-order chi connectivity index (χ0) is 25.5. The maximum absolute atomic E-state index is 12.3. The van der Waals surface area contributed by atoms with E-state index in [2.05, 4.69) is 32.2 Å². The summed E-state index contributed by atoms with van der Waals surface area (Å²) in [5.74, 6) is 1.83. The van der Waals surface area contributed by atoms with Gasteiger partial charge in [0.2, 0.25) is 5.91 Å². The summed E-state index contributed by atoms with van der Waals surface area (Å²) in [6.45, 7) is 10.2. The van der Waals surface area contributed by atoms with Gasteiger partial charge in [-0.15, -0.1) is 12.4 Å². The van der Waals surface area contributed by atoms with E-state index in [-0.39, 0.29) is 36.2 Å². The summed E-state index contributed by atoms with van der Waals surface area (Å²) in [7, 11) is 3.32. The number of nitrogens with two attached hydrogens (primary N) is 1. The monoisotopic (exact) mass is 516 g/mol. The van der Waals surface area contributed by atoms with Crippen LogP contribution in [0.1, 0.15) is 65.4 Å². The molecule has 0 spiro atoms. The number of carbonyl (C=O) groups excluding carboxylic acids is 1. The van der Waals surface area contributed by atoms with Crippen LogP contribution in [0.4, 0.5) is 0 Å². The maximum Gasteiger partial charge on any atom is 0.222 e. The second kappa shape index (κ2) is 18.7. The minimum absolute atomic E-state index is 0. The van der Waals surface area contributed by atoms with E-state index in [4.69, 9.17) is 19.9 Å². The van der Waals surface area contributed by atoms with Crippen LogP contribution in [-0.4, -0.2) is 57.1 Å². The fourth-order valence-corrected chi connectivity index (χ4v) is 3.95. The minimum atomic E-state index is -0.719. The molecule has 0 aliphatic heterocycles. The van der Waals surface area contributed by atoms with Crippen LogP contribution in [0.25, 0.3) is 0 Å². The van der Waals surface area contributed by atoms with Gasteiger partial charge < -0.3 is 30.4 Å². The van der Waals surface area contributed by atoms with Crippen molar-refractivity contribution in [3.8, 4) is 11.5 Å². The van der Waals surface area contributed by atoms with Crippen LogP contribution < -0.4 is 20.5 Å². The quantitative estimate of drug-likeness (QED) is 0.250. The van der Waals surface area contributed by atoms with Crippen LogP contribution in [0.3, 0.4) is 0 Å². The van der Waals surface area contributed by atoms with E-state index in [0.29, 0.717) is 44.3 Å². The third kappa shape index (κ3) is 12.8. The summed E-state index contributed by atoms with van der Waals surface area (Å²) in [4.78, 5) is 12.3. The first-order valence-corrected chi connectivity index (χ1v) is 12.7. The van der Waals surface area contributed by atoms with Gasteiger partial charge in [-0.3, -0.25) is 4.79 Å². The van der Waals surface area contributed by atoms with Gasteiger partial charge in [0.25, 0.3) is 0 Å². The van der Waals surface area contributed by atoms with E-state index in [9.17, 15) is 9.90 Å². The highest BCUT2D eigenvalue weighted by Gasteiger charge is 2.26. The van der Waals surface area contributed by atoms with Gasteiger partial charge in [0.05, 0.1) is 19.8 Å². The zero-order valence-electron chi connectivity index (χ0n) is 22.5. The second-order valence-electron chi connectivity index (χ2n) is 9.64. The molecule has 1 aromatic carbocycles. The molecular formula is C27H49ClN2O5. The summed E-state index contributed by atoms with van der Waals surface area (Å²) in [5, 5.41) is 13.6. The predicted octanol–water partition coefficient (Wildman–Crippen LogP) is 4.37. The average molecular weight is 517 g/mol. The molecule has 0 aliphatic carbocycles. The lowest BCUT2D eigenvalue weighted by Gasteiger charge is -2.28. The molecule has 8 heteroatoms. The molecule has 0 saturated carbocycles. The molecule has 0 aliphatic rings. The third-order valence-corrected chi connectivity index (χ3v) is 6.36. The highest BCUT2D eigenvalue weighted by molar-refractivity contribution is 5.85. The number of ether oxygens (including phenoxy) is 3. The zero-order valence-corrected chi connectivity index (χ0v) is 23.4. The molecule has 4 N–H and O–H groups in total. The fourth-order valence-electron chi connectivity index (χ4n) is 3.95. The molecule has 0 radical (unpaired) electrons. The summed E-state index contributed by atoms with van der Waals surface area (Å²) < 4.78 is 16.5. The van der Waals surface area contributed by atoms with Crippen LogP contribution in [0.2, 0.25) is 0 Å². The van der Waals surface area contributed by atoms with Gasteiger partial charge in [0.1, 0.15) is 0 Å². The van der Waals surface area contributed by atoms with Crippen molar-refractivity contribution in [1.82, 2.24) is 5.32 Å². The number of aliphatic hydroxyl groups is 1. The highest BCUT2D eigenvalue weighted by Crippen LogP contribution is 2.31. The summed E-state index contributed by atoms with van der Waals surface area (Å²) in [5.41, 5.74) is 7.56. The summed E-state index contributed by atoms with van der Waals surface area (Å²) >= 11 is 0. The molecule has 0 saturated heterocycles. The number of aliphatic hydroxyl groups excluding tert-OH is 1. The first-order chi connectivity index (χ1) is 16.2. The molecule has 0 fully saturated rings. The van der Waals surface area contributed by atoms with Crippen molar-refractivity contribution in [2.45, 2.75) is 78.4 Å². The largest absolute Gasteiger partial charge is 0.493 e. The predicted molar refractivity (Wildman–Crippen MR) is 145 cm³/mol. The van der Waals surface area contributed by atoms with E-state index in [1.165, 1.54) is 0 Å². The van der Waals surface area contributed by atoms with E-state index >= 15 is 0 Å². The third-order valence-electron chi connectivity index (χ3n) is 6.36. The number of nitrogens with one attached hydrogen (secondary N) is 1. The smallest absolute Gasteiger partial charge is 0.222 e. The standard InChI is InChI=1S/C27H48N2O5.ClH/c1-7-8-12-29-27(31)20(4)15-24(30)23(28)18-22(19(2)3)16-21-10-11-25(33-6)26(17-21)34-14-9-13-32-5;/h10-11,17,19-20,22-24,30H,7-9,12-16,18,28H2,1-6H3,(H,29,31);1H/t20-,22+,23+,24+;/m1./s1. The van der Waals surface area contributed by atoms with Crippen molar-refractivity contribution in [2.24, 2.45) is 23.5 Å². The molecule has 1 aromatic rings. The highest BCUT2D eigenvalue weighted by atomic mass is 35.5. The van der Waals surface area contributed by atoms with Gasteiger partial charge in [-0.25, -0.2) is 0 Å². The van der Waals surface area contributed by atoms with Crippen LogP contribution in [-0.2, 0) is 16.0 Å². The van der Waals surface area contributed by atoms with E-state index in [0.717, 1.165) is 37.0 Å². The number of methoxy groups -OCH3 is 2. The summed E-state index contributed by atoms with van der Waals surface area (Å²) in [6.07, 6.45) is 3.95. The van der Waals surface area contributed by atoms with Crippen LogP contribution in [0.15, 0.2) is 18.2 Å². The Balaban J connectivity index is 0.0000116. The van der Waals surface area contributed by atoms with Gasteiger partial charge in [0.15, 0.2) is 11.5 Å². The first-order valence-electron chi connectivity index (χ1n) is 12.7. The molecule has 0 aromatic heterocycles. The second-order valence-corrected chi connectivity index (χ2v) is 9.64. The Morgan fingerprint density at radius 1 is 1.09 bits per heavy atom. The Morgan fingerprint density at radius 3 is 2.40 bits per heavy atom. The topological polar surface area (TPSA) is 103 Å². The van der Waals surface area contributed by atoms with Crippen molar-refractivity contribution in [2.75, 3.05) is 34.0 Å². The van der Waals surface area contributed by atoms with Crippen molar-refractivity contribution in [1.29, 1.82) is 0 Å². The Hall–Kier alpha value is -1.54. The molecule has 7 nitrogen and oxygen atoms in total. The first kappa shape index (κ1) is 33.5. The number of hydrogen-bond donors (Lipinski definition) is 3. The van der Waals surface area contributed by atoms with Crippen molar-refractivity contribution in [3.63, 3.8) is 0 Å². The Morgan fingerprint density at radius 2 is 1.80 bits per heavy atom. The minimum Gasteiger partial charge on any atom is -0.493 e. The van der Waals surface area contributed by atoms with Crippen LogP contribution in [0.5, 0.6) is 11.5 Å². The van der Waals surface area contributed by atoms with E-state index in [1.54, 1.807) is 14.2 Å². The average Bonchev–Trinajstić information content (AvgIpc) is 2.81. The number of unbranched alkanes of at least 4 members (excludes halogenated alkanes) is 1. The lowest BCUT2D eigenvalue weighted by molar-refractivity contribution is -0.125. The number of rotatable bonds is 18. The number of hydrogen-bond acceptors (Lipinski definition) is 6. The van der Waals surface area contributed by atoms with Gasteiger partial charge in [-0.1, -0.05) is 40.2 Å². The normalized spacial score (nSPS) is 14.5. The SMILES string of the molecule is CCCCNC(=O)[C@H](C)C[C@H](O)[C@@H](N)C[C@H](Cc1ccc(OC)c(OCCCOC)c1)C(C)C.Cl. The molecule has 35 heavy (non-hydrogen) atoms. The van der Waals surface area contributed by atoms with E-state index in [1.807, 2.05) is 19.1 Å². The fraction of sp³-hybridized carbons (Fsp3) is 0.741. The van der Waals surface area contributed by atoms with E-state index < -0.39 is 6.10 Å². The molecule has 1 amide bonds. The molecule has 1 rings (SSSR count). The Kier molecular flexibility index (Phi) is 17.9. The van der Waals surface area contributed by atoms with Gasteiger partial charge in [0, 0.05) is 38.6 Å². The lowest BCUT2D eigenvalue weighted by Crippen LogP contribution is -2.41. The van der Waals surface area contributed by atoms with Crippen molar-refractivity contribution in [3.05, 3.63) is 23.8 Å². The number of carbonyl (C=O) groups is 1. The molecule has 4 atom stereocenters. The van der Waals surface area contributed by atoms with Crippen molar-refractivity contribution < 1.29 is 24.1 Å². The van der Waals surface area contributed by atoms with Gasteiger partial charge in [-0.2, -0.15) is 0 Å². The summed E-state index contributed by atoms with van der Waals surface area (Å²) in [6, 6.07) is 5.64. The maximum atomic E-state index is 12.3. The Bertz CT molecular complexity index is 704. The number of halogens is 1. The van der Waals surface area contributed by atoms with Crippen molar-refractivity contribution >= 4 is 18.3 Å². The number of benzene rings is 1. The van der Waals surface area contributed by atoms with Gasteiger partial charge in [-0.05, 0) is 55.2 Å². The molecule has 0 unspecified atom stereocenters. The molecule has 0 heterocycles. The lowest BCUT2D eigenvalue weighted by atomic mass is 9.82. The van der Waals surface area contributed by atoms with Crippen LogP contribution in [0, 0.1) is 17.8 Å². The molecule has 204 valence electrons. The van der Waals surface area contributed by atoms with Gasteiger partial charge >= 0.3 is 0 Å².